The number of unbranched alkanes of at least 4 members (excludes halogenated alkanes) is 2. The lowest BCUT2D eigenvalue weighted by molar-refractivity contribution is -0.223. The fourth-order valence-corrected chi connectivity index (χ4v) is 10.2. The Morgan fingerprint density at radius 3 is 2.53 bits per heavy atom. The van der Waals surface area contributed by atoms with E-state index in [4.69, 9.17) is 28.9 Å². The van der Waals surface area contributed by atoms with Crippen molar-refractivity contribution in [1.29, 1.82) is 0 Å². The van der Waals surface area contributed by atoms with Crippen LogP contribution < -0.4 is 9.47 Å². The van der Waals surface area contributed by atoms with Crippen molar-refractivity contribution in [2.24, 2.45) is 22.9 Å². The van der Waals surface area contributed by atoms with Crippen molar-refractivity contribution < 1.29 is 38.4 Å². The van der Waals surface area contributed by atoms with Gasteiger partial charge in [-0.1, -0.05) is 66.5 Å². The Hall–Kier alpha value is -3.67. The second-order valence-corrected chi connectivity index (χ2v) is 16.2. The molecule has 2 heterocycles. The third-order valence-electron chi connectivity index (χ3n) is 11.4. The standard InChI is InChI=1S/C45H54FNO7S/c1-2-25-52-45-41(55-34-16-4-3-5-17-34)29-39(47-54-42-20-10-13-26-50-42)36-27-31(14-8-11-23-48)35(18-9-12-24-49)43(44(36)45)37-28-33(21-22-40(37)53-45)51-30-32-15-6-7-19-38(32)46/h2-7,15-17,19,21-22,27-28,31,35,41-44,48-49H,1,8-14,18,20,23-26,29-30H2. The molecule has 0 aromatic heterocycles. The lowest BCUT2D eigenvalue weighted by Crippen LogP contribution is -2.64. The van der Waals surface area contributed by atoms with Gasteiger partial charge in [0, 0.05) is 48.0 Å². The zero-order valence-corrected chi connectivity index (χ0v) is 32.3. The molecule has 0 amide bonds. The quantitative estimate of drug-likeness (QED) is 0.0751. The molecule has 10 heteroatoms. The molecule has 55 heavy (non-hydrogen) atoms. The summed E-state index contributed by atoms with van der Waals surface area (Å²) >= 11 is 1.73. The first-order chi connectivity index (χ1) is 27.0. The highest BCUT2D eigenvalue weighted by Gasteiger charge is 2.64. The number of hydrogen-bond acceptors (Lipinski definition) is 9. The van der Waals surface area contributed by atoms with E-state index in [0.29, 0.717) is 30.8 Å². The van der Waals surface area contributed by atoms with Crippen LogP contribution in [-0.4, -0.2) is 59.7 Å². The minimum atomic E-state index is -1.10. The highest BCUT2D eigenvalue weighted by Crippen LogP contribution is 2.63. The number of aliphatic hydroxyl groups excluding tert-OH is 2. The normalized spacial score (nSPS) is 27.7. The molecule has 294 valence electrons. The van der Waals surface area contributed by atoms with Gasteiger partial charge in [0.15, 0.2) is 0 Å². The summed E-state index contributed by atoms with van der Waals surface area (Å²) in [6.07, 6.45) is 12.1. The number of oxime groups is 1. The van der Waals surface area contributed by atoms with Crippen LogP contribution in [0.25, 0.3) is 0 Å². The second-order valence-electron chi connectivity index (χ2n) is 15.0. The van der Waals surface area contributed by atoms with E-state index in [0.717, 1.165) is 78.9 Å². The molecule has 0 bridgehead atoms. The monoisotopic (exact) mass is 771 g/mol. The van der Waals surface area contributed by atoms with Crippen LogP contribution in [0.1, 0.15) is 81.3 Å². The number of hydrogen-bond donors (Lipinski definition) is 2. The first-order valence-electron chi connectivity index (χ1n) is 20.0. The molecule has 1 saturated carbocycles. The fourth-order valence-electron chi connectivity index (χ4n) is 8.87. The maximum atomic E-state index is 14.7. The molecule has 3 aromatic carbocycles. The van der Waals surface area contributed by atoms with Crippen molar-refractivity contribution in [2.75, 3.05) is 26.4 Å². The lowest BCUT2D eigenvalue weighted by atomic mass is 9.56. The van der Waals surface area contributed by atoms with Crippen LogP contribution in [0, 0.1) is 23.6 Å². The van der Waals surface area contributed by atoms with E-state index in [1.807, 2.05) is 36.4 Å². The molecule has 7 atom stereocenters. The summed E-state index contributed by atoms with van der Waals surface area (Å²) < 4.78 is 41.2. The number of fused-ring (bicyclic) bond motifs is 2. The van der Waals surface area contributed by atoms with E-state index in [-0.39, 0.29) is 61.2 Å². The van der Waals surface area contributed by atoms with Gasteiger partial charge in [0.05, 0.1) is 30.1 Å². The van der Waals surface area contributed by atoms with Gasteiger partial charge in [-0.15, -0.1) is 18.3 Å². The zero-order chi connectivity index (χ0) is 38.0. The SMILES string of the molecule is C=CCOC12Oc3ccc(OCc4ccccc4F)cc3C3C(CCCCO)C(CCCCO)C=C(C(=NOC4CCCCO4)CC1Sc1ccccc1)C32. The van der Waals surface area contributed by atoms with Gasteiger partial charge in [-0.2, -0.15) is 0 Å². The Bertz CT molecular complexity index is 1780. The van der Waals surface area contributed by atoms with Gasteiger partial charge in [-0.05, 0) is 92.3 Å². The van der Waals surface area contributed by atoms with Crippen LogP contribution in [0.15, 0.2) is 107 Å². The molecule has 2 aliphatic heterocycles. The van der Waals surface area contributed by atoms with Gasteiger partial charge in [0.1, 0.15) is 23.9 Å². The Labute approximate surface area is 328 Å². The van der Waals surface area contributed by atoms with Gasteiger partial charge in [0.2, 0.25) is 12.1 Å². The van der Waals surface area contributed by atoms with Gasteiger partial charge in [-0.3, -0.25) is 0 Å². The van der Waals surface area contributed by atoms with Crippen LogP contribution >= 0.6 is 11.8 Å². The van der Waals surface area contributed by atoms with E-state index >= 15 is 0 Å². The average Bonchev–Trinajstić information content (AvgIpc) is 3.21. The summed E-state index contributed by atoms with van der Waals surface area (Å²) in [5.74, 6) is -0.0950. The Morgan fingerprint density at radius 1 is 0.964 bits per heavy atom. The van der Waals surface area contributed by atoms with E-state index in [1.165, 1.54) is 6.07 Å². The maximum Gasteiger partial charge on any atom is 0.231 e. The third-order valence-corrected chi connectivity index (χ3v) is 12.7. The summed E-state index contributed by atoms with van der Waals surface area (Å²) in [5.41, 5.74) is 3.43. The summed E-state index contributed by atoms with van der Waals surface area (Å²) in [6, 6.07) is 23.0. The minimum Gasteiger partial charge on any atom is -0.489 e. The Morgan fingerprint density at radius 2 is 1.76 bits per heavy atom. The molecule has 4 aliphatic rings. The minimum absolute atomic E-state index is 0.0845. The number of rotatable bonds is 18. The predicted molar refractivity (Wildman–Crippen MR) is 213 cm³/mol. The number of halogens is 1. The number of nitrogens with zero attached hydrogens (tertiary/aromatic N) is 1. The first-order valence-corrected chi connectivity index (χ1v) is 20.9. The number of aliphatic hydroxyl groups is 2. The van der Waals surface area contributed by atoms with E-state index in [9.17, 15) is 14.6 Å². The van der Waals surface area contributed by atoms with Crippen molar-refractivity contribution >= 4 is 17.5 Å². The largest absolute Gasteiger partial charge is 0.489 e. The predicted octanol–water partition coefficient (Wildman–Crippen LogP) is 9.36. The molecule has 7 rings (SSSR count). The molecule has 2 N–H and O–H groups in total. The van der Waals surface area contributed by atoms with Crippen LogP contribution in [0.3, 0.4) is 0 Å². The smallest absolute Gasteiger partial charge is 0.231 e. The summed E-state index contributed by atoms with van der Waals surface area (Å²) in [7, 11) is 0. The van der Waals surface area contributed by atoms with E-state index in [1.54, 1.807) is 30.0 Å². The fraction of sp³-hybridized carbons (Fsp3) is 0.489. The molecule has 0 radical (unpaired) electrons. The van der Waals surface area contributed by atoms with Gasteiger partial charge in [0.25, 0.3) is 0 Å². The summed E-state index contributed by atoms with van der Waals surface area (Å²) in [5, 5.41) is 24.4. The Kier molecular flexibility index (Phi) is 13.7. The van der Waals surface area contributed by atoms with Crippen molar-refractivity contribution in [2.45, 2.75) is 99.0 Å². The van der Waals surface area contributed by atoms with Gasteiger partial charge >= 0.3 is 0 Å². The summed E-state index contributed by atoms with van der Waals surface area (Å²) in [6.45, 7) is 5.34. The van der Waals surface area contributed by atoms with Crippen LogP contribution in [0.4, 0.5) is 4.39 Å². The summed E-state index contributed by atoms with van der Waals surface area (Å²) in [4.78, 5) is 7.32. The average molecular weight is 772 g/mol. The molecule has 8 nitrogen and oxygen atoms in total. The highest BCUT2D eigenvalue weighted by atomic mass is 32.2. The van der Waals surface area contributed by atoms with Crippen LogP contribution in [0.5, 0.6) is 11.5 Å². The van der Waals surface area contributed by atoms with Crippen molar-refractivity contribution in [3.63, 3.8) is 0 Å². The van der Waals surface area contributed by atoms with Crippen LogP contribution in [0.2, 0.25) is 0 Å². The maximum absolute atomic E-state index is 14.7. The van der Waals surface area contributed by atoms with Crippen molar-refractivity contribution in [3.8, 4) is 11.5 Å². The second kappa shape index (κ2) is 19.0. The molecule has 1 saturated heterocycles. The number of thioether (sulfide) groups is 1. The number of ether oxygens (including phenoxy) is 4. The molecule has 7 unspecified atom stereocenters. The van der Waals surface area contributed by atoms with Crippen molar-refractivity contribution in [3.05, 3.63) is 114 Å². The van der Waals surface area contributed by atoms with Gasteiger partial charge < -0.3 is 34.0 Å². The number of allylic oxidation sites excluding steroid dienone is 1. The first kappa shape index (κ1) is 39.6. The van der Waals surface area contributed by atoms with E-state index in [2.05, 4.69) is 30.9 Å². The molecular formula is C45H54FNO7S. The molecule has 3 aromatic rings. The third kappa shape index (κ3) is 8.99. The van der Waals surface area contributed by atoms with Crippen molar-refractivity contribution in [1.82, 2.24) is 0 Å². The zero-order valence-electron chi connectivity index (χ0n) is 31.5. The molecular weight excluding hydrogens is 718 g/mol. The lowest BCUT2D eigenvalue weighted by Gasteiger charge is -2.58. The highest BCUT2D eigenvalue weighted by molar-refractivity contribution is 8.00. The molecule has 0 spiro atoms. The topological polar surface area (TPSA) is 99.0 Å². The number of benzene rings is 3. The van der Waals surface area contributed by atoms with Gasteiger partial charge in [-0.25, -0.2) is 4.39 Å². The van der Waals surface area contributed by atoms with Crippen LogP contribution in [-0.2, 0) is 20.9 Å². The molecule has 2 fully saturated rings. The molecule has 2 aliphatic carbocycles. The Balaban J connectivity index is 1.38. The van der Waals surface area contributed by atoms with E-state index < -0.39 is 12.1 Å².